The Hall–Kier alpha value is -1.36. The van der Waals surface area contributed by atoms with Crippen molar-refractivity contribution in [1.82, 2.24) is 15.1 Å². The molecule has 0 saturated carbocycles. The Morgan fingerprint density at radius 1 is 1.73 bits per heavy atom. The zero-order valence-electron chi connectivity index (χ0n) is 8.86. The number of aromatic nitrogens is 2. The summed E-state index contributed by atoms with van der Waals surface area (Å²) in [5, 5.41) is 6.73. The van der Waals surface area contributed by atoms with Gasteiger partial charge in [-0.1, -0.05) is 0 Å². The van der Waals surface area contributed by atoms with E-state index >= 15 is 0 Å². The molecule has 5 heteroatoms. The molecule has 0 radical (unpaired) electrons. The van der Waals surface area contributed by atoms with Crippen molar-refractivity contribution in [3.05, 3.63) is 17.5 Å². The number of hydrogen-bond acceptors (Lipinski definition) is 3. The molecule has 1 saturated heterocycles. The lowest BCUT2D eigenvalue weighted by molar-refractivity contribution is 0.0703. The molecular weight excluding hydrogens is 192 g/mol. The highest BCUT2D eigenvalue weighted by Gasteiger charge is 2.23. The number of amides is 1. The smallest absolute Gasteiger partial charge is 0.274 e. The summed E-state index contributed by atoms with van der Waals surface area (Å²) >= 11 is 0. The monoisotopic (exact) mass is 208 g/mol. The van der Waals surface area contributed by atoms with Crippen LogP contribution in [0.2, 0.25) is 0 Å². The molecule has 0 spiro atoms. The summed E-state index contributed by atoms with van der Waals surface area (Å²) in [6.45, 7) is 3.31. The second-order valence-electron chi connectivity index (χ2n) is 4.09. The second-order valence-corrected chi connectivity index (χ2v) is 4.09. The lowest BCUT2D eigenvalue weighted by atomic mass is 10.1. The van der Waals surface area contributed by atoms with Gasteiger partial charge in [-0.15, -0.1) is 0 Å². The fourth-order valence-corrected chi connectivity index (χ4v) is 1.88. The van der Waals surface area contributed by atoms with Crippen LogP contribution in [0.4, 0.5) is 0 Å². The van der Waals surface area contributed by atoms with E-state index in [2.05, 4.69) is 10.2 Å². The van der Waals surface area contributed by atoms with Gasteiger partial charge in [0.15, 0.2) is 0 Å². The molecule has 1 unspecified atom stereocenters. The van der Waals surface area contributed by atoms with E-state index < -0.39 is 0 Å². The summed E-state index contributed by atoms with van der Waals surface area (Å²) < 4.78 is 0. The number of carbonyl (C=O) groups excluding carboxylic acids is 1. The molecule has 1 aliphatic heterocycles. The van der Waals surface area contributed by atoms with Crippen LogP contribution >= 0.6 is 0 Å². The van der Waals surface area contributed by atoms with Gasteiger partial charge in [0.25, 0.3) is 5.91 Å². The zero-order valence-corrected chi connectivity index (χ0v) is 8.86. The maximum Gasteiger partial charge on any atom is 0.274 e. The quantitative estimate of drug-likeness (QED) is 0.696. The average Bonchev–Trinajstić information content (AvgIpc) is 2.64. The first-order valence-electron chi connectivity index (χ1n) is 5.23. The predicted molar refractivity (Wildman–Crippen MR) is 56.4 cm³/mol. The van der Waals surface area contributed by atoms with Crippen LogP contribution in [0.25, 0.3) is 0 Å². The molecule has 1 aromatic heterocycles. The number of piperidine rings is 1. The Bertz CT molecular complexity index is 360. The van der Waals surface area contributed by atoms with Gasteiger partial charge in [0.05, 0.1) is 0 Å². The van der Waals surface area contributed by atoms with E-state index in [-0.39, 0.29) is 11.9 Å². The van der Waals surface area contributed by atoms with E-state index in [0.717, 1.165) is 25.1 Å². The van der Waals surface area contributed by atoms with E-state index in [9.17, 15) is 4.79 Å². The van der Waals surface area contributed by atoms with E-state index in [4.69, 9.17) is 5.73 Å². The number of nitrogens with one attached hydrogen (secondary N) is 1. The predicted octanol–water partition coefficient (Wildman–Crippen LogP) is 0.281. The van der Waals surface area contributed by atoms with Crippen molar-refractivity contribution in [2.24, 2.45) is 5.73 Å². The fourth-order valence-electron chi connectivity index (χ4n) is 1.88. The second kappa shape index (κ2) is 4.02. The number of likely N-dealkylation sites (tertiary alicyclic amines) is 1. The standard InChI is InChI=1S/C10H16N4O/c1-7-5-9(13-12-7)10(15)14-4-2-3-8(11)6-14/h5,8H,2-4,6,11H2,1H3,(H,12,13). The topological polar surface area (TPSA) is 75.0 Å². The summed E-state index contributed by atoms with van der Waals surface area (Å²) in [4.78, 5) is 13.7. The van der Waals surface area contributed by atoms with Crippen LogP contribution in [0.15, 0.2) is 6.07 Å². The summed E-state index contributed by atoms with van der Waals surface area (Å²) in [5.74, 6) is -0.0190. The number of H-pyrrole nitrogens is 1. The van der Waals surface area contributed by atoms with E-state index in [0.29, 0.717) is 12.2 Å². The Kier molecular flexibility index (Phi) is 2.73. The molecule has 1 amide bonds. The third-order valence-electron chi connectivity index (χ3n) is 2.67. The van der Waals surface area contributed by atoms with E-state index in [1.165, 1.54) is 0 Å². The SMILES string of the molecule is Cc1cc(C(=O)N2CCCC(N)C2)n[nH]1. The van der Waals surface area contributed by atoms with Crippen molar-refractivity contribution in [2.75, 3.05) is 13.1 Å². The molecule has 2 rings (SSSR count). The van der Waals surface area contributed by atoms with Crippen LogP contribution in [0.3, 0.4) is 0 Å². The number of nitrogens with zero attached hydrogens (tertiary/aromatic N) is 2. The molecule has 2 heterocycles. The Balaban J connectivity index is 2.07. The Morgan fingerprint density at radius 2 is 2.53 bits per heavy atom. The van der Waals surface area contributed by atoms with Crippen LogP contribution in [0.5, 0.6) is 0 Å². The summed E-state index contributed by atoms with van der Waals surface area (Å²) in [7, 11) is 0. The van der Waals surface area contributed by atoms with Gasteiger partial charge >= 0.3 is 0 Å². The van der Waals surface area contributed by atoms with Crippen molar-refractivity contribution < 1.29 is 4.79 Å². The number of nitrogens with two attached hydrogens (primary N) is 1. The summed E-state index contributed by atoms with van der Waals surface area (Å²) in [6, 6.07) is 1.88. The third-order valence-corrected chi connectivity index (χ3v) is 2.67. The van der Waals surface area contributed by atoms with Gasteiger partial charge < -0.3 is 10.6 Å². The van der Waals surface area contributed by atoms with E-state index in [1.54, 1.807) is 11.0 Å². The van der Waals surface area contributed by atoms with Gasteiger partial charge in [-0.25, -0.2) is 0 Å². The molecule has 5 nitrogen and oxygen atoms in total. The van der Waals surface area contributed by atoms with Gasteiger partial charge in [-0.05, 0) is 25.8 Å². The van der Waals surface area contributed by atoms with Gasteiger partial charge in [0, 0.05) is 24.8 Å². The average molecular weight is 208 g/mol. The number of carbonyl (C=O) groups is 1. The molecule has 3 N–H and O–H groups in total. The van der Waals surface area contributed by atoms with Crippen molar-refractivity contribution >= 4 is 5.91 Å². The number of hydrogen-bond donors (Lipinski definition) is 2. The van der Waals surface area contributed by atoms with Crippen LogP contribution in [0, 0.1) is 6.92 Å². The molecule has 1 atom stereocenters. The van der Waals surface area contributed by atoms with Crippen LogP contribution in [-0.2, 0) is 0 Å². The minimum absolute atomic E-state index is 0.0190. The lowest BCUT2D eigenvalue weighted by Crippen LogP contribution is -2.45. The van der Waals surface area contributed by atoms with Gasteiger partial charge in [-0.3, -0.25) is 9.89 Å². The number of rotatable bonds is 1. The molecule has 1 fully saturated rings. The largest absolute Gasteiger partial charge is 0.336 e. The number of aryl methyl sites for hydroxylation is 1. The van der Waals surface area contributed by atoms with Crippen molar-refractivity contribution in [3.63, 3.8) is 0 Å². The van der Waals surface area contributed by atoms with Crippen LogP contribution in [0.1, 0.15) is 29.0 Å². The maximum absolute atomic E-state index is 11.9. The summed E-state index contributed by atoms with van der Waals surface area (Å²) in [5.41, 5.74) is 7.21. The lowest BCUT2D eigenvalue weighted by Gasteiger charge is -2.30. The Labute approximate surface area is 88.6 Å². The first-order valence-corrected chi connectivity index (χ1v) is 5.23. The minimum Gasteiger partial charge on any atom is -0.336 e. The minimum atomic E-state index is -0.0190. The first kappa shape index (κ1) is 10.2. The molecule has 1 aliphatic rings. The maximum atomic E-state index is 11.9. The molecule has 0 bridgehead atoms. The number of aromatic amines is 1. The zero-order chi connectivity index (χ0) is 10.8. The molecule has 82 valence electrons. The van der Waals surface area contributed by atoms with Crippen molar-refractivity contribution in [2.45, 2.75) is 25.8 Å². The van der Waals surface area contributed by atoms with Crippen molar-refractivity contribution in [3.8, 4) is 0 Å². The molecule has 0 aliphatic carbocycles. The Morgan fingerprint density at radius 3 is 3.13 bits per heavy atom. The normalized spacial score (nSPS) is 21.7. The van der Waals surface area contributed by atoms with Gasteiger partial charge in [-0.2, -0.15) is 5.10 Å². The van der Waals surface area contributed by atoms with E-state index in [1.807, 2.05) is 6.92 Å². The highest BCUT2D eigenvalue weighted by Crippen LogP contribution is 2.11. The molecule has 1 aromatic rings. The summed E-state index contributed by atoms with van der Waals surface area (Å²) in [6.07, 6.45) is 1.99. The highest BCUT2D eigenvalue weighted by molar-refractivity contribution is 5.92. The van der Waals surface area contributed by atoms with Crippen molar-refractivity contribution in [1.29, 1.82) is 0 Å². The first-order chi connectivity index (χ1) is 7.16. The highest BCUT2D eigenvalue weighted by atomic mass is 16.2. The molecular formula is C10H16N4O. The fraction of sp³-hybridized carbons (Fsp3) is 0.600. The third kappa shape index (κ3) is 2.18. The van der Waals surface area contributed by atoms with Crippen LogP contribution < -0.4 is 5.73 Å². The molecule has 0 aromatic carbocycles. The van der Waals surface area contributed by atoms with Gasteiger partial charge in [0.2, 0.25) is 0 Å². The molecule has 15 heavy (non-hydrogen) atoms. The van der Waals surface area contributed by atoms with Gasteiger partial charge in [0.1, 0.15) is 5.69 Å². The van der Waals surface area contributed by atoms with Crippen LogP contribution in [-0.4, -0.2) is 40.1 Å².